The maximum absolute atomic E-state index is 13.7. The Balaban J connectivity index is 2.15. The van der Waals surface area contributed by atoms with Crippen LogP contribution in [0.25, 0.3) is 0 Å². The Labute approximate surface area is 116 Å². The van der Waals surface area contributed by atoms with Crippen LogP contribution in [0.2, 0.25) is 5.02 Å². The number of halogens is 2. The van der Waals surface area contributed by atoms with Crippen LogP contribution in [0.5, 0.6) is 5.75 Å². The van der Waals surface area contributed by atoms with Gasteiger partial charge in [0.25, 0.3) is 0 Å². The number of anilines is 2. The number of nitrogen functional groups attached to an aromatic ring is 1. The Kier molecular flexibility index (Phi) is 4.12. The highest BCUT2D eigenvalue weighted by Gasteiger charge is 2.08. The van der Waals surface area contributed by atoms with Gasteiger partial charge in [0.2, 0.25) is 0 Å². The summed E-state index contributed by atoms with van der Waals surface area (Å²) in [5.74, 6) is 0.0234. The van der Waals surface area contributed by atoms with E-state index >= 15 is 0 Å². The van der Waals surface area contributed by atoms with Crippen molar-refractivity contribution in [3.05, 3.63) is 52.8 Å². The third-order valence-electron chi connectivity index (χ3n) is 2.69. The molecule has 0 amide bonds. The molecule has 100 valence electrons. The molecule has 3 N–H and O–H groups in total. The summed E-state index contributed by atoms with van der Waals surface area (Å²) in [6.45, 7) is 0.463. The minimum Gasteiger partial charge on any atom is -0.495 e. The predicted octanol–water partition coefficient (Wildman–Crippen LogP) is 3.68. The summed E-state index contributed by atoms with van der Waals surface area (Å²) in [5.41, 5.74) is 7.19. The van der Waals surface area contributed by atoms with Gasteiger partial charge in [0, 0.05) is 23.7 Å². The number of ether oxygens (including phenoxy) is 1. The van der Waals surface area contributed by atoms with Gasteiger partial charge in [-0.3, -0.25) is 0 Å². The number of rotatable bonds is 4. The van der Waals surface area contributed by atoms with E-state index in [0.717, 1.165) is 5.56 Å². The molecule has 3 nitrogen and oxygen atoms in total. The lowest BCUT2D eigenvalue weighted by Gasteiger charge is -2.11. The van der Waals surface area contributed by atoms with Crippen molar-refractivity contribution in [3.63, 3.8) is 0 Å². The van der Waals surface area contributed by atoms with Crippen LogP contribution in [0.3, 0.4) is 0 Å². The Hall–Kier alpha value is -1.94. The highest BCUT2D eigenvalue weighted by molar-refractivity contribution is 6.30. The average Bonchev–Trinajstić information content (AvgIpc) is 2.38. The molecule has 2 rings (SSSR count). The van der Waals surface area contributed by atoms with E-state index in [9.17, 15) is 4.39 Å². The Morgan fingerprint density at radius 1 is 1.32 bits per heavy atom. The topological polar surface area (TPSA) is 47.3 Å². The lowest BCUT2D eigenvalue weighted by atomic mass is 10.2. The Bertz CT molecular complexity index is 590. The normalized spacial score (nSPS) is 10.3. The van der Waals surface area contributed by atoms with Crippen LogP contribution < -0.4 is 15.8 Å². The molecule has 0 saturated heterocycles. The molecule has 0 aromatic heterocycles. The molecule has 0 unspecified atom stereocenters. The first-order valence-electron chi connectivity index (χ1n) is 5.71. The third kappa shape index (κ3) is 3.29. The second kappa shape index (κ2) is 5.80. The zero-order chi connectivity index (χ0) is 13.8. The highest BCUT2D eigenvalue weighted by atomic mass is 35.5. The molecule has 0 saturated carbocycles. The summed E-state index contributed by atoms with van der Waals surface area (Å²) in [7, 11) is 1.49. The Morgan fingerprint density at radius 2 is 2.11 bits per heavy atom. The van der Waals surface area contributed by atoms with Gasteiger partial charge in [-0.05, 0) is 17.7 Å². The molecule has 0 atom stereocenters. The molecular formula is C14H14ClFN2O. The van der Waals surface area contributed by atoms with Gasteiger partial charge in [0.1, 0.15) is 11.6 Å². The van der Waals surface area contributed by atoms with E-state index < -0.39 is 5.82 Å². The van der Waals surface area contributed by atoms with Crippen molar-refractivity contribution in [2.45, 2.75) is 6.54 Å². The standard InChI is InChI=1S/C14H14ClFN2O/c1-19-14-7-13(11(16)6-12(14)17)18-8-9-3-2-4-10(15)5-9/h2-7,18H,8,17H2,1H3. The summed E-state index contributed by atoms with van der Waals surface area (Å²) in [6.07, 6.45) is 0. The van der Waals surface area contributed by atoms with Crippen molar-refractivity contribution in [2.75, 3.05) is 18.2 Å². The fraction of sp³-hybridized carbons (Fsp3) is 0.143. The van der Waals surface area contributed by atoms with Crippen LogP contribution in [0, 0.1) is 5.82 Å². The molecule has 0 spiro atoms. The Morgan fingerprint density at radius 3 is 2.79 bits per heavy atom. The molecule has 2 aromatic carbocycles. The zero-order valence-corrected chi connectivity index (χ0v) is 11.2. The molecule has 5 heteroatoms. The molecule has 0 bridgehead atoms. The van der Waals surface area contributed by atoms with Gasteiger partial charge in [-0.15, -0.1) is 0 Å². The minimum atomic E-state index is -0.416. The van der Waals surface area contributed by atoms with Gasteiger partial charge in [-0.2, -0.15) is 0 Å². The number of benzene rings is 2. The maximum Gasteiger partial charge on any atom is 0.148 e. The van der Waals surface area contributed by atoms with Crippen LogP contribution in [0.1, 0.15) is 5.56 Å². The molecule has 0 aliphatic carbocycles. The minimum absolute atomic E-state index is 0.272. The third-order valence-corrected chi connectivity index (χ3v) is 2.93. The molecule has 0 aliphatic rings. The van der Waals surface area contributed by atoms with Crippen molar-refractivity contribution in [1.29, 1.82) is 0 Å². The molecule has 0 aliphatic heterocycles. The van der Waals surface area contributed by atoms with Crippen LogP contribution in [0.15, 0.2) is 36.4 Å². The quantitative estimate of drug-likeness (QED) is 0.840. The second-order valence-corrected chi connectivity index (χ2v) is 4.49. The number of nitrogens with two attached hydrogens (primary N) is 1. The number of methoxy groups -OCH3 is 1. The van der Waals surface area contributed by atoms with E-state index in [2.05, 4.69) is 5.32 Å². The largest absolute Gasteiger partial charge is 0.495 e. The number of nitrogens with one attached hydrogen (secondary N) is 1. The molecule has 0 heterocycles. The van der Waals surface area contributed by atoms with Crippen molar-refractivity contribution in [2.24, 2.45) is 0 Å². The van der Waals surface area contributed by atoms with Crippen LogP contribution in [0.4, 0.5) is 15.8 Å². The lowest BCUT2D eigenvalue weighted by molar-refractivity contribution is 0.416. The lowest BCUT2D eigenvalue weighted by Crippen LogP contribution is -2.03. The number of hydrogen-bond acceptors (Lipinski definition) is 3. The fourth-order valence-electron chi connectivity index (χ4n) is 1.73. The first kappa shape index (κ1) is 13.5. The average molecular weight is 281 g/mol. The van der Waals surface area contributed by atoms with E-state index in [1.54, 1.807) is 6.07 Å². The predicted molar refractivity (Wildman–Crippen MR) is 76.1 cm³/mol. The zero-order valence-electron chi connectivity index (χ0n) is 10.4. The van der Waals surface area contributed by atoms with Crippen LogP contribution >= 0.6 is 11.6 Å². The van der Waals surface area contributed by atoms with E-state index in [1.165, 1.54) is 19.2 Å². The number of hydrogen-bond donors (Lipinski definition) is 2. The van der Waals surface area contributed by atoms with E-state index in [0.29, 0.717) is 23.0 Å². The summed E-state index contributed by atoms with van der Waals surface area (Å²) in [6, 6.07) is 10.1. The van der Waals surface area contributed by atoms with Gasteiger partial charge in [-0.1, -0.05) is 23.7 Å². The SMILES string of the molecule is COc1cc(NCc2cccc(Cl)c2)c(F)cc1N. The van der Waals surface area contributed by atoms with Gasteiger partial charge >= 0.3 is 0 Å². The first-order valence-corrected chi connectivity index (χ1v) is 6.09. The van der Waals surface area contributed by atoms with E-state index in [4.69, 9.17) is 22.1 Å². The molecule has 2 aromatic rings. The highest BCUT2D eigenvalue weighted by Crippen LogP contribution is 2.28. The van der Waals surface area contributed by atoms with Crippen molar-refractivity contribution in [1.82, 2.24) is 0 Å². The van der Waals surface area contributed by atoms with Gasteiger partial charge in [0.05, 0.1) is 18.5 Å². The van der Waals surface area contributed by atoms with E-state index in [1.807, 2.05) is 18.2 Å². The molecule has 0 radical (unpaired) electrons. The van der Waals surface area contributed by atoms with Crippen molar-refractivity contribution >= 4 is 23.0 Å². The van der Waals surface area contributed by atoms with E-state index in [-0.39, 0.29) is 5.69 Å². The van der Waals surface area contributed by atoms with Gasteiger partial charge in [0.15, 0.2) is 0 Å². The van der Waals surface area contributed by atoms with Gasteiger partial charge in [-0.25, -0.2) is 4.39 Å². The summed E-state index contributed by atoms with van der Waals surface area (Å²) < 4.78 is 18.8. The van der Waals surface area contributed by atoms with Gasteiger partial charge < -0.3 is 15.8 Å². The van der Waals surface area contributed by atoms with Crippen molar-refractivity contribution < 1.29 is 9.13 Å². The summed E-state index contributed by atoms with van der Waals surface area (Å²) >= 11 is 5.89. The molecule has 19 heavy (non-hydrogen) atoms. The fourth-order valence-corrected chi connectivity index (χ4v) is 1.94. The maximum atomic E-state index is 13.7. The summed E-state index contributed by atoms with van der Waals surface area (Å²) in [5, 5.41) is 3.64. The van der Waals surface area contributed by atoms with Crippen molar-refractivity contribution in [3.8, 4) is 5.75 Å². The smallest absolute Gasteiger partial charge is 0.148 e. The summed E-state index contributed by atoms with van der Waals surface area (Å²) in [4.78, 5) is 0. The first-order chi connectivity index (χ1) is 9.10. The monoisotopic (exact) mass is 280 g/mol. The second-order valence-electron chi connectivity index (χ2n) is 4.06. The molecule has 0 fully saturated rings. The molecular weight excluding hydrogens is 267 g/mol. The van der Waals surface area contributed by atoms with Crippen LogP contribution in [-0.2, 0) is 6.54 Å². The van der Waals surface area contributed by atoms with Crippen LogP contribution in [-0.4, -0.2) is 7.11 Å².